The van der Waals surface area contributed by atoms with E-state index in [9.17, 15) is 9.59 Å². The predicted octanol–water partition coefficient (Wildman–Crippen LogP) is 4.64. The minimum absolute atomic E-state index is 0.0354. The van der Waals surface area contributed by atoms with Crippen LogP contribution in [-0.4, -0.2) is 37.9 Å². The highest BCUT2D eigenvalue weighted by atomic mass is 32.2. The molecule has 4 nitrogen and oxygen atoms in total. The van der Waals surface area contributed by atoms with E-state index in [-0.39, 0.29) is 29.2 Å². The van der Waals surface area contributed by atoms with Crippen molar-refractivity contribution in [2.24, 2.45) is 0 Å². The number of esters is 1. The lowest BCUT2D eigenvalue weighted by Crippen LogP contribution is -2.36. The molecular formula is C19H30O4SSi. The molecule has 0 aliphatic rings. The lowest BCUT2D eigenvalue weighted by Gasteiger charge is -2.25. The summed E-state index contributed by atoms with van der Waals surface area (Å²) in [4.78, 5) is 23.5. The van der Waals surface area contributed by atoms with Gasteiger partial charge in [0.25, 0.3) is 0 Å². The molecule has 0 radical (unpaired) electrons. The molecule has 0 saturated carbocycles. The molecule has 1 rings (SSSR count). The molecule has 0 spiro atoms. The molecule has 0 N–H and O–H groups in total. The van der Waals surface area contributed by atoms with Gasteiger partial charge < -0.3 is 9.16 Å². The van der Waals surface area contributed by atoms with Crippen molar-refractivity contribution in [1.29, 1.82) is 0 Å². The summed E-state index contributed by atoms with van der Waals surface area (Å²) in [5.74, 6) is 0.132. The topological polar surface area (TPSA) is 52.6 Å². The molecule has 1 aromatic carbocycles. The average molecular weight is 383 g/mol. The van der Waals surface area contributed by atoms with E-state index < -0.39 is 8.32 Å². The van der Waals surface area contributed by atoms with Crippen molar-refractivity contribution in [2.75, 3.05) is 12.4 Å². The molecule has 1 aromatic rings. The molecule has 0 fully saturated rings. The van der Waals surface area contributed by atoms with Gasteiger partial charge in [0.15, 0.2) is 13.4 Å². The maximum Gasteiger partial charge on any atom is 0.338 e. The Morgan fingerprint density at radius 3 is 2.12 bits per heavy atom. The number of hydrogen-bond acceptors (Lipinski definition) is 5. The third kappa shape index (κ3) is 8.70. The number of carbonyl (C=O) groups excluding carboxylic acids is 2. The fraction of sp³-hybridized carbons (Fsp3) is 0.579. The Morgan fingerprint density at radius 1 is 1.12 bits per heavy atom. The van der Waals surface area contributed by atoms with E-state index in [1.165, 1.54) is 24.2 Å². The van der Waals surface area contributed by atoms with Gasteiger partial charge in [0, 0.05) is 12.7 Å². The highest BCUT2D eigenvalue weighted by Crippen LogP contribution is 2.22. The monoisotopic (exact) mass is 382 g/mol. The Morgan fingerprint density at radius 2 is 1.68 bits per heavy atom. The second-order valence-electron chi connectivity index (χ2n) is 8.08. The second-order valence-corrected chi connectivity index (χ2v) is 13.7. The first-order valence-electron chi connectivity index (χ1n) is 8.47. The Balaban J connectivity index is 2.68. The molecule has 140 valence electrons. The number of ether oxygens (including phenoxy) is 1. The Bertz CT molecular complexity index is 585. The van der Waals surface area contributed by atoms with Crippen LogP contribution in [0.3, 0.4) is 0 Å². The van der Waals surface area contributed by atoms with E-state index in [2.05, 4.69) is 40.4 Å². The first kappa shape index (κ1) is 21.9. The highest BCUT2D eigenvalue weighted by Gasteiger charge is 2.23. The van der Waals surface area contributed by atoms with Gasteiger partial charge in [-0.05, 0) is 42.8 Å². The van der Waals surface area contributed by atoms with Crippen molar-refractivity contribution in [3.8, 4) is 0 Å². The molecule has 0 bridgehead atoms. The van der Waals surface area contributed by atoms with Crippen molar-refractivity contribution in [3.63, 3.8) is 0 Å². The van der Waals surface area contributed by atoms with E-state index >= 15 is 0 Å². The summed E-state index contributed by atoms with van der Waals surface area (Å²) in [6.07, 6.45) is -0.265. The van der Waals surface area contributed by atoms with Crippen molar-refractivity contribution < 1.29 is 18.8 Å². The van der Waals surface area contributed by atoms with Crippen LogP contribution in [-0.2, 0) is 19.4 Å². The largest absolute Gasteiger partial charge is 0.459 e. The van der Waals surface area contributed by atoms with Crippen molar-refractivity contribution in [2.45, 2.75) is 58.9 Å². The van der Waals surface area contributed by atoms with Gasteiger partial charge in [-0.15, -0.1) is 0 Å². The van der Waals surface area contributed by atoms with Crippen LogP contribution in [0.2, 0.25) is 19.6 Å². The van der Waals surface area contributed by atoms with Gasteiger partial charge in [0.2, 0.25) is 0 Å². The van der Waals surface area contributed by atoms with Crippen LogP contribution in [0.15, 0.2) is 24.3 Å². The average Bonchev–Trinajstić information content (AvgIpc) is 2.47. The van der Waals surface area contributed by atoms with Crippen LogP contribution >= 0.6 is 11.8 Å². The van der Waals surface area contributed by atoms with Crippen LogP contribution < -0.4 is 0 Å². The quantitative estimate of drug-likeness (QED) is 0.508. The Kier molecular flexibility index (Phi) is 7.90. The van der Waals surface area contributed by atoms with Crippen molar-refractivity contribution in [1.82, 2.24) is 0 Å². The fourth-order valence-corrected chi connectivity index (χ4v) is 4.04. The molecule has 0 aromatic heterocycles. The highest BCUT2D eigenvalue weighted by molar-refractivity contribution is 8.13. The minimum atomic E-state index is -1.79. The lowest BCUT2D eigenvalue weighted by molar-refractivity contribution is -0.109. The molecule has 25 heavy (non-hydrogen) atoms. The zero-order valence-corrected chi connectivity index (χ0v) is 18.2. The van der Waals surface area contributed by atoms with Crippen LogP contribution in [0, 0.1) is 0 Å². The summed E-state index contributed by atoms with van der Waals surface area (Å²) in [5, 5.41) is 0.0354. The third-order valence-electron chi connectivity index (χ3n) is 3.38. The van der Waals surface area contributed by atoms with Gasteiger partial charge in [-0.2, -0.15) is 0 Å². The first-order chi connectivity index (χ1) is 11.4. The number of hydrogen-bond donors (Lipinski definition) is 0. The van der Waals surface area contributed by atoms with Gasteiger partial charge >= 0.3 is 5.97 Å². The van der Waals surface area contributed by atoms with Gasteiger partial charge in [0.1, 0.15) is 6.61 Å². The van der Waals surface area contributed by atoms with Crippen LogP contribution in [0.4, 0.5) is 0 Å². The summed E-state index contributed by atoms with van der Waals surface area (Å²) < 4.78 is 11.5. The smallest absolute Gasteiger partial charge is 0.338 e. The van der Waals surface area contributed by atoms with Crippen molar-refractivity contribution in [3.05, 3.63) is 35.4 Å². The summed E-state index contributed by atoms with van der Waals surface area (Å²) in [6, 6.07) is 7.50. The predicted molar refractivity (Wildman–Crippen MR) is 107 cm³/mol. The van der Waals surface area contributed by atoms with E-state index in [0.717, 1.165) is 0 Å². The van der Waals surface area contributed by atoms with Gasteiger partial charge in [-0.1, -0.05) is 44.7 Å². The number of benzene rings is 1. The minimum Gasteiger partial charge on any atom is -0.459 e. The molecule has 1 atom stereocenters. The van der Waals surface area contributed by atoms with Gasteiger partial charge in [0.05, 0.1) is 11.7 Å². The second kappa shape index (κ2) is 9.01. The standard InChI is InChI=1S/C19H30O4SSi/c1-14(20)24-13-17(23-25(5,6)7)12-22-18(21)15-8-10-16(11-9-15)19(2,3)4/h8-11,17H,12-13H2,1-7H3. The summed E-state index contributed by atoms with van der Waals surface area (Å²) >= 11 is 1.20. The van der Waals surface area contributed by atoms with E-state index in [4.69, 9.17) is 9.16 Å². The summed E-state index contributed by atoms with van der Waals surface area (Å²) in [5.41, 5.74) is 1.74. The van der Waals surface area contributed by atoms with Crippen LogP contribution in [0.5, 0.6) is 0 Å². The summed E-state index contributed by atoms with van der Waals surface area (Å²) in [6.45, 7) is 14.3. The SMILES string of the molecule is CC(=O)SCC(COC(=O)c1ccc(C(C)(C)C)cc1)O[Si](C)(C)C. The Hall–Kier alpha value is -1.11. The van der Waals surface area contributed by atoms with Crippen molar-refractivity contribution >= 4 is 31.2 Å². The number of thioether (sulfide) groups is 1. The van der Waals surface area contributed by atoms with Crippen LogP contribution in [0.1, 0.15) is 43.6 Å². The number of rotatable bonds is 7. The van der Waals surface area contributed by atoms with Gasteiger partial charge in [-0.3, -0.25) is 4.79 Å². The molecule has 0 aliphatic heterocycles. The molecule has 1 unspecified atom stereocenters. The molecule has 0 aliphatic carbocycles. The Labute approximate surface area is 156 Å². The van der Waals surface area contributed by atoms with E-state index in [1.807, 2.05) is 12.1 Å². The fourth-order valence-electron chi connectivity index (χ4n) is 2.18. The van der Waals surface area contributed by atoms with E-state index in [1.54, 1.807) is 12.1 Å². The van der Waals surface area contributed by atoms with Crippen LogP contribution in [0.25, 0.3) is 0 Å². The maximum atomic E-state index is 12.3. The molecular weight excluding hydrogens is 352 g/mol. The molecule has 6 heteroatoms. The summed E-state index contributed by atoms with van der Waals surface area (Å²) in [7, 11) is -1.79. The zero-order valence-electron chi connectivity index (χ0n) is 16.3. The molecule has 0 saturated heterocycles. The normalized spacial score (nSPS) is 13.4. The molecule has 0 amide bonds. The van der Waals surface area contributed by atoms with E-state index in [0.29, 0.717) is 11.3 Å². The third-order valence-corrected chi connectivity index (χ3v) is 5.37. The zero-order chi connectivity index (χ0) is 19.3. The molecule has 0 heterocycles. The maximum absolute atomic E-state index is 12.3. The lowest BCUT2D eigenvalue weighted by atomic mass is 9.87. The first-order valence-corrected chi connectivity index (χ1v) is 12.9. The number of carbonyl (C=O) groups is 2. The van der Waals surface area contributed by atoms with Gasteiger partial charge in [-0.25, -0.2) is 4.79 Å².